The van der Waals surface area contributed by atoms with Crippen LogP contribution in [0.5, 0.6) is 0 Å². The third kappa shape index (κ3) is 1.81. The SMILES string of the molecule is C1=C(c2coc3ccccc23)CCC2(C1)OCCO2. The van der Waals surface area contributed by atoms with Gasteiger partial charge in [-0.2, -0.15) is 0 Å². The number of hydrogen-bond acceptors (Lipinski definition) is 3. The van der Waals surface area contributed by atoms with E-state index in [0.717, 1.165) is 38.1 Å². The van der Waals surface area contributed by atoms with Gasteiger partial charge in [0.1, 0.15) is 5.58 Å². The van der Waals surface area contributed by atoms with Gasteiger partial charge in [-0.1, -0.05) is 24.3 Å². The van der Waals surface area contributed by atoms with Crippen LogP contribution in [0.3, 0.4) is 0 Å². The Balaban J connectivity index is 1.68. The van der Waals surface area contributed by atoms with Gasteiger partial charge in [0.15, 0.2) is 5.79 Å². The predicted octanol–water partition coefficient (Wildman–Crippen LogP) is 3.74. The fourth-order valence-electron chi connectivity index (χ4n) is 3.04. The van der Waals surface area contributed by atoms with Crippen molar-refractivity contribution in [2.24, 2.45) is 0 Å². The van der Waals surface area contributed by atoms with Crippen LogP contribution in [-0.4, -0.2) is 19.0 Å². The van der Waals surface area contributed by atoms with Crippen LogP contribution in [0.4, 0.5) is 0 Å². The van der Waals surface area contributed by atoms with E-state index in [9.17, 15) is 0 Å². The molecule has 2 aromatic rings. The Morgan fingerprint density at radius 3 is 2.68 bits per heavy atom. The lowest BCUT2D eigenvalue weighted by Gasteiger charge is -2.30. The average Bonchev–Trinajstić information content (AvgIpc) is 3.08. The number of para-hydroxylation sites is 1. The Morgan fingerprint density at radius 1 is 1.05 bits per heavy atom. The van der Waals surface area contributed by atoms with Crippen LogP contribution >= 0.6 is 0 Å². The van der Waals surface area contributed by atoms with Gasteiger partial charge in [-0.25, -0.2) is 0 Å². The monoisotopic (exact) mass is 256 g/mol. The van der Waals surface area contributed by atoms with Crippen LogP contribution in [0.25, 0.3) is 16.5 Å². The molecule has 0 saturated carbocycles. The van der Waals surface area contributed by atoms with E-state index in [-0.39, 0.29) is 5.79 Å². The second kappa shape index (κ2) is 4.22. The molecule has 0 radical (unpaired) electrons. The van der Waals surface area contributed by atoms with Crippen molar-refractivity contribution in [3.8, 4) is 0 Å². The van der Waals surface area contributed by atoms with Crippen LogP contribution in [0.1, 0.15) is 24.8 Å². The molecule has 1 aromatic carbocycles. The molecule has 2 aliphatic rings. The fourth-order valence-corrected chi connectivity index (χ4v) is 3.04. The Kier molecular flexibility index (Phi) is 2.50. The minimum Gasteiger partial charge on any atom is -0.464 e. The van der Waals surface area contributed by atoms with E-state index in [4.69, 9.17) is 13.9 Å². The zero-order valence-corrected chi connectivity index (χ0v) is 10.7. The van der Waals surface area contributed by atoms with Gasteiger partial charge in [0.25, 0.3) is 0 Å². The second-order valence-corrected chi connectivity index (χ2v) is 5.19. The van der Waals surface area contributed by atoms with Crippen molar-refractivity contribution < 1.29 is 13.9 Å². The molecule has 98 valence electrons. The molecular formula is C16H16O3. The summed E-state index contributed by atoms with van der Waals surface area (Å²) in [6, 6.07) is 8.17. The van der Waals surface area contributed by atoms with E-state index < -0.39 is 0 Å². The van der Waals surface area contributed by atoms with Crippen molar-refractivity contribution in [3.63, 3.8) is 0 Å². The summed E-state index contributed by atoms with van der Waals surface area (Å²) in [5.41, 5.74) is 3.50. The minimum absolute atomic E-state index is 0.344. The number of allylic oxidation sites excluding steroid dienone is 1. The normalized spacial score (nSPS) is 22.0. The molecule has 1 fully saturated rings. The van der Waals surface area contributed by atoms with Gasteiger partial charge in [-0.05, 0) is 18.1 Å². The first-order chi connectivity index (χ1) is 9.36. The summed E-state index contributed by atoms with van der Waals surface area (Å²) in [6.07, 6.45) is 6.85. The van der Waals surface area contributed by atoms with E-state index >= 15 is 0 Å². The molecule has 3 nitrogen and oxygen atoms in total. The lowest BCUT2D eigenvalue weighted by Crippen LogP contribution is -2.31. The van der Waals surface area contributed by atoms with Crippen LogP contribution in [0.15, 0.2) is 41.0 Å². The maximum Gasteiger partial charge on any atom is 0.172 e. The van der Waals surface area contributed by atoms with Crippen molar-refractivity contribution in [1.29, 1.82) is 0 Å². The standard InChI is InChI=1S/C16H16O3/c1-2-4-15-13(3-1)14(11-17-15)12-5-7-16(8-6-12)18-9-10-19-16/h1-5,11H,6-10H2. The topological polar surface area (TPSA) is 31.6 Å². The molecule has 0 unspecified atom stereocenters. The average molecular weight is 256 g/mol. The molecule has 1 aliphatic heterocycles. The quantitative estimate of drug-likeness (QED) is 0.778. The number of ether oxygens (including phenoxy) is 2. The zero-order chi connectivity index (χ0) is 12.7. The number of rotatable bonds is 1. The van der Waals surface area contributed by atoms with E-state index in [2.05, 4.69) is 18.2 Å². The van der Waals surface area contributed by atoms with Crippen molar-refractivity contribution >= 4 is 16.5 Å². The Hall–Kier alpha value is -1.58. The van der Waals surface area contributed by atoms with Crippen molar-refractivity contribution in [3.05, 3.63) is 42.2 Å². The molecule has 19 heavy (non-hydrogen) atoms. The molecule has 0 N–H and O–H groups in total. The Bertz CT molecular complexity index is 632. The molecule has 0 atom stereocenters. The molecular weight excluding hydrogens is 240 g/mol. The second-order valence-electron chi connectivity index (χ2n) is 5.19. The van der Waals surface area contributed by atoms with Crippen LogP contribution in [0.2, 0.25) is 0 Å². The first-order valence-electron chi connectivity index (χ1n) is 6.80. The number of benzene rings is 1. The summed E-state index contributed by atoms with van der Waals surface area (Å²) in [6.45, 7) is 1.44. The lowest BCUT2D eigenvalue weighted by molar-refractivity contribution is -0.159. The first kappa shape index (κ1) is 11.3. The van der Waals surface area contributed by atoms with Gasteiger partial charge in [-0.15, -0.1) is 0 Å². The molecule has 1 spiro atoms. The highest BCUT2D eigenvalue weighted by Crippen LogP contribution is 2.40. The van der Waals surface area contributed by atoms with E-state index in [1.54, 1.807) is 0 Å². The van der Waals surface area contributed by atoms with Crippen molar-refractivity contribution in [2.45, 2.75) is 25.0 Å². The molecule has 1 saturated heterocycles. The van der Waals surface area contributed by atoms with Gasteiger partial charge in [0.05, 0.1) is 19.5 Å². The number of furan rings is 1. The number of fused-ring (bicyclic) bond motifs is 1. The number of hydrogen-bond donors (Lipinski definition) is 0. The molecule has 2 heterocycles. The maximum atomic E-state index is 5.74. The van der Waals surface area contributed by atoms with Crippen LogP contribution < -0.4 is 0 Å². The van der Waals surface area contributed by atoms with Gasteiger partial charge >= 0.3 is 0 Å². The maximum absolute atomic E-state index is 5.74. The van der Waals surface area contributed by atoms with Crippen molar-refractivity contribution in [2.75, 3.05) is 13.2 Å². The van der Waals surface area contributed by atoms with Gasteiger partial charge in [-0.3, -0.25) is 0 Å². The Morgan fingerprint density at radius 2 is 1.89 bits per heavy atom. The fraction of sp³-hybridized carbons (Fsp3) is 0.375. The molecule has 1 aromatic heterocycles. The molecule has 1 aliphatic carbocycles. The van der Waals surface area contributed by atoms with Crippen LogP contribution in [0, 0.1) is 0 Å². The highest BCUT2D eigenvalue weighted by atomic mass is 16.7. The first-order valence-corrected chi connectivity index (χ1v) is 6.80. The zero-order valence-electron chi connectivity index (χ0n) is 10.7. The predicted molar refractivity (Wildman–Crippen MR) is 72.7 cm³/mol. The summed E-state index contributed by atoms with van der Waals surface area (Å²) >= 11 is 0. The van der Waals surface area contributed by atoms with Gasteiger partial charge < -0.3 is 13.9 Å². The highest BCUT2D eigenvalue weighted by molar-refractivity contribution is 5.91. The largest absolute Gasteiger partial charge is 0.464 e. The highest BCUT2D eigenvalue weighted by Gasteiger charge is 2.37. The molecule has 3 heteroatoms. The van der Waals surface area contributed by atoms with E-state index in [1.165, 1.54) is 16.5 Å². The Labute approximate surface area is 111 Å². The summed E-state index contributed by atoms with van der Waals surface area (Å²) in [5, 5.41) is 1.19. The van der Waals surface area contributed by atoms with E-state index in [0.29, 0.717) is 0 Å². The molecule has 4 rings (SSSR count). The summed E-state index contributed by atoms with van der Waals surface area (Å²) in [7, 11) is 0. The summed E-state index contributed by atoms with van der Waals surface area (Å²) in [4.78, 5) is 0. The molecule has 0 bridgehead atoms. The van der Waals surface area contributed by atoms with Gasteiger partial charge in [0, 0.05) is 23.8 Å². The summed E-state index contributed by atoms with van der Waals surface area (Å²) in [5.74, 6) is -0.344. The third-order valence-electron chi connectivity index (χ3n) is 4.08. The third-order valence-corrected chi connectivity index (χ3v) is 4.08. The molecule has 0 amide bonds. The lowest BCUT2D eigenvalue weighted by atomic mass is 9.90. The van der Waals surface area contributed by atoms with Crippen LogP contribution in [-0.2, 0) is 9.47 Å². The van der Waals surface area contributed by atoms with E-state index in [1.807, 2.05) is 18.4 Å². The van der Waals surface area contributed by atoms with Crippen molar-refractivity contribution in [1.82, 2.24) is 0 Å². The van der Waals surface area contributed by atoms with Gasteiger partial charge in [0.2, 0.25) is 0 Å². The smallest absolute Gasteiger partial charge is 0.172 e. The summed E-state index contributed by atoms with van der Waals surface area (Å²) < 4.78 is 17.1. The minimum atomic E-state index is -0.344.